The van der Waals surface area contributed by atoms with Crippen molar-refractivity contribution in [3.05, 3.63) is 0 Å². The SMILES string of the molecule is CCCCCCCCCCCCCCCCCCOCC(C[N+](C)(C)CCO)OCCCCCCCCCCCCCCCCCC.[Br-]. The normalized spacial score (nSPS) is 12.4. The molecule has 1 atom stereocenters. The summed E-state index contributed by atoms with van der Waals surface area (Å²) in [6.07, 6.45) is 44.8. The van der Waals surface area contributed by atoms with E-state index in [4.69, 9.17) is 9.47 Å². The zero-order valence-electron chi connectivity index (χ0n) is 33.5. The summed E-state index contributed by atoms with van der Waals surface area (Å²) in [6.45, 7) is 8.86. The van der Waals surface area contributed by atoms with Crippen LogP contribution in [0.1, 0.15) is 219 Å². The fourth-order valence-electron chi connectivity index (χ4n) is 6.93. The molecule has 48 heavy (non-hydrogen) atoms. The van der Waals surface area contributed by atoms with Gasteiger partial charge in [0.05, 0.1) is 27.3 Å². The molecule has 5 heteroatoms. The summed E-state index contributed by atoms with van der Waals surface area (Å²) < 4.78 is 13.3. The van der Waals surface area contributed by atoms with Crippen molar-refractivity contribution in [2.75, 3.05) is 53.6 Å². The minimum atomic E-state index is 0. The minimum Gasteiger partial charge on any atom is -1.00 e. The number of likely N-dealkylation sites (N-methyl/N-ethyl adjacent to an activating group) is 1. The van der Waals surface area contributed by atoms with E-state index in [1.165, 1.54) is 199 Å². The van der Waals surface area contributed by atoms with Crippen molar-refractivity contribution in [1.82, 2.24) is 0 Å². The lowest BCUT2D eigenvalue weighted by Gasteiger charge is -2.32. The predicted molar refractivity (Wildman–Crippen MR) is 209 cm³/mol. The van der Waals surface area contributed by atoms with Gasteiger partial charge in [0, 0.05) is 13.2 Å². The zero-order chi connectivity index (χ0) is 34.4. The topological polar surface area (TPSA) is 38.7 Å². The first kappa shape index (κ1) is 50.4. The number of hydrogen-bond donors (Lipinski definition) is 1. The molecule has 0 aliphatic heterocycles. The Kier molecular flexibility index (Phi) is 43.9. The van der Waals surface area contributed by atoms with E-state index in [9.17, 15) is 5.11 Å². The van der Waals surface area contributed by atoms with Crippen LogP contribution in [0.4, 0.5) is 0 Å². The highest BCUT2D eigenvalue weighted by molar-refractivity contribution is 4.58. The van der Waals surface area contributed by atoms with Crippen LogP contribution in [0.3, 0.4) is 0 Å². The maximum Gasteiger partial charge on any atom is 0.130 e. The van der Waals surface area contributed by atoms with Gasteiger partial charge in [0.25, 0.3) is 0 Å². The third-order valence-corrected chi connectivity index (χ3v) is 10.2. The number of nitrogens with zero attached hydrogens (tertiary/aromatic N) is 1. The lowest BCUT2D eigenvalue weighted by Crippen LogP contribution is -3.00. The molecule has 0 heterocycles. The van der Waals surface area contributed by atoms with Crippen LogP contribution in [0, 0.1) is 0 Å². The summed E-state index contributed by atoms with van der Waals surface area (Å²) in [5.41, 5.74) is 0. The minimum absolute atomic E-state index is 0. The van der Waals surface area contributed by atoms with Crippen molar-refractivity contribution >= 4 is 0 Å². The lowest BCUT2D eigenvalue weighted by molar-refractivity contribution is -0.893. The van der Waals surface area contributed by atoms with Gasteiger partial charge in [0.2, 0.25) is 0 Å². The lowest BCUT2D eigenvalue weighted by atomic mass is 10.0. The van der Waals surface area contributed by atoms with Crippen LogP contribution in [0.25, 0.3) is 0 Å². The average Bonchev–Trinajstić information content (AvgIpc) is 3.05. The predicted octanol–water partition coefficient (Wildman–Crippen LogP) is 9.98. The Bertz CT molecular complexity index is 576. The van der Waals surface area contributed by atoms with Crippen molar-refractivity contribution in [3.8, 4) is 0 Å². The highest BCUT2D eigenvalue weighted by atomic mass is 79.9. The van der Waals surface area contributed by atoms with Gasteiger partial charge >= 0.3 is 0 Å². The van der Waals surface area contributed by atoms with E-state index in [1.54, 1.807) is 0 Å². The van der Waals surface area contributed by atoms with Crippen molar-refractivity contribution < 1.29 is 36.0 Å². The quantitative estimate of drug-likeness (QED) is 0.0500. The summed E-state index contributed by atoms with van der Waals surface area (Å²) in [6, 6.07) is 0. The van der Waals surface area contributed by atoms with Gasteiger partial charge in [0.1, 0.15) is 19.2 Å². The molecule has 0 aromatic heterocycles. The summed E-state index contributed by atoms with van der Waals surface area (Å²) in [5.74, 6) is 0. The van der Waals surface area contributed by atoms with Crippen LogP contribution in [0.5, 0.6) is 0 Å². The van der Waals surface area contributed by atoms with E-state index in [1.807, 2.05) is 0 Å². The van der Waals surface area contributed by atoms with Crippen LogP contribution in [0.15, 0.2) is 0 Å². The third kappa shape index (κ3) is 40.7. The van der Waals surface area contributed by atoms with Crippen LogP contribution in [0.2, 0.25) is 0 Å². The molecule has 0 rings (SSSR count). The van der Waals surface area contributed by atoms with Crippen molar-refractivity contribution in [1.29, 1.82) is 0 Å². The monoisotopic (exact) mass is 748 g/mol. The first-order valence-electron chi connectivity index (χ1n) is 21.7. The van der Waals surface area contributed by atoms with Crippen molar-refractivity contribution in [2.45, 2.75) is 225 Å². The van der Waals surface area contributed by atoms with Gasteiger partial charge in [-0.1, -0.05) is 206 Å². The number of halogens is 1. The van der Waals surface area contributed by atoms with Crippen LogP contribution in [-0.4, -0.2) is 69.3 Å². The van der Waals surface area contributed by atoms with E-state index < -0.39 is 0 Å². The molecule has 0 radical (unpaired) electrons. The van der Waals surface area contributed by atoms with Gasteiger partial charge in [-0.25, -0.2) is 0 Å². The van der Waals surface area contributed by atoms with Gasteiger partial charge in [-0.2, -0.15) is 0 Å². The summed E-state index contributed by atoms with van der Waals surface area (Å²) >= 11 is 0. The largest absolute Gasteiger partial charge is 1.00 e. The van der Waals surface area contributed by atoms with E-state index in [-0.39, 0.29) is 29.7 Å². The van der Waals surface area contributed by atoms with Gasteiger partial charge in [-0.3, -0.25) is 0 Å². The number of rotatable bonds is 41. The number of unbranched alkanes of at least 4 members (excludes halogenated alkanes) is 30. The highest BCUT2D eigenvalue weighted by Crippen LogP contribution is 2.16. The highest BCUT2D eigenvalue weighted by Gasteiger charge is 2.22. The van der Waals surface area contributed by atoms with Crippen LogP contribution < -0.4 is 17.0 Å². The second-order valence-corrected chi connectivity index (χ2v) is 15.7. The number of ether oxygens (including phenoxy) is 2. The van der Waals surface area contributed by atoms with Crippen LogP contribution in [-0.2, 0) is 9.47 Å². The molecule has 0 bridgehead atoms. The fourth-order valence-corrected chi connectivity index (χ4v) is 6.93. The average molecular weight is 749 g/mol. The van der Waals surface area contributed by atoms with E-state index >= 15 is 0 Å². The molecule has 0 aromatic rings. The van der Waals surface area contributed by atoms with Gasteiger partial charge in [0.15, 0.2) is 0 Å². The molecule has 0 fully saturated rings. The Morgan fingerprint density at radius 1 is 0.438 bits per heavy atom. The second-order valence-electron chi connectivity index (χ2n) is 15.7. The number of quaternary nitrogens is 1. The standard InChI is InChI=1S/C43H90NO3.BrH/c1-5-7-9-11-13-15-17-19-21-23-25-27-29-31-33-35-39-46-42-43(41-44(3,4)37-38-45)47-40-36-34-32-30-28-26-24-22-20-18-16-14-12-10-8-6-2;/h43,45H,5-42H2,1-4H3;1H/q+1;/p-1. The van der Waals surface area contributed by atoms with Crippen molar-refractivity contribution in [3.63, 3.8) is 0 Å². The molecule has 1 N–H and O–H groups in total. The molecule has 4 nitrogen and oxygen atoms in total. The van der Waals surface area contributed by atoms with Gasteiger partial charge < -0.3 is 36.0 Å². The summed E-state index contributed by atoms with van der Waals surface area (Å²) in [5, 5.41) is 9.50. The molecule has 0 saturated carbocycles. The van der Waals surface area contributed by atoms with Gasteiger partial charge in [-0.15, -0.1) is 0 Å². The first-order chi connectivity index (χ1) is 23.1. The molecule has 0 spiro atoms. The van der Waals surface area contributed by atoms with E-state index in [2.05, 4.69) is 27.9 Å². The van der Waals surface area contributed by atoms with Gasteiger partial charge in [-0.05, 0) is 12.8 Å². The number of aliphatic hydroxyl groups excluding tert-OH is 1. The van der Waals surface area contributed by atoms with Crippen molar-refractivity contribution in [2.24, 2.45) is 0 Å². The number of hydrogen-bond acceptors (Lipinski definition) is 3. The number of aliphatic hydroxyl groups is 1. The Morgan fingerprint density at radius 3 is 1.04 bits per heavy atom. The molecular formula is C43H90BrNO3. The Morgan fingerprint density at radius 2 is 0.729 bits per heavy atom. The molecule has 0 aromatic carbocycles. The molecule has 0 aliphatic carbocycles. The summed E-state index contributed by atoms with van der Waals surface area (Å²) in [4.78, 5) is 0. The smallest absolute Gasteiger partial charge is 0.130 e. The van der Waals surface area contributed by atoms with E-state index in [0.717, 1.165) is 37.2 Å². The van der Waals surface area contributed by atoms with Crippen LogP contribution >= 0.6 is 0 Å². The molecule has 1 unspecified atom stereocenters. The Balaban J connectivity index is 0. The molecular weight excluding hydrogens is 658 g/mol. The second kappa shape index (κ2) is 41.7. The third-order valence-electron chi connectivity index (χ3n) is 10.2. The first-order valence-corrected chi connectivity index (χ1v) is 21.7. The molecule has 292 valence electrons. The maximum absolute atomic E-state index is 9.50. The molecule has 0 amide bonds. The fraction of sp³-hybridized carbons (Fsp3) is 1.00. The zero-order valence-corrected chi connectivity index (χ0v) is 35.1. The van der Waals surface area contributed by atoms with E-state index in [0.29, 0.717) is 6.61 Å². The Hall–Kier alpha value is 0.320. The molecule has 0 saturated heterocycles. The maximum atomic E-state index is 9.50. The molecule has 0 aliphatic rings. The Labute approximate surface area is 314 Å². The summed E-state index contributed by atoms with van der Waals surface area (Å²) in [7, 11) is 4.38.